The normalized spacial score (nSPS) is 16.0. The van der Waals surface area contributed by atoms with E-state index >= 15 is 0 Å². The molecule has 0 aliphatic carbocycles. The van der Waals surface area contributed by atoms with Crippen LogP contribution in [0.2, 0.25) is 0 Å². The van der Waals surface area contributed by atoms with E-state index < -0.39 is 29.7 Å². The van der Waals surface area contributed by atoms with Gasteiger partial charge in [-0.3, -0.25) is 14.6 Å². The van der Waals surface area contributed by atoms with Crippen molar-refractivity contribution in [3.8, 4) is 0 Å². The number of carbonyl (C=O) groups excluding carboxylic acids is 3. The third kappa shape index (κ3) is 4.42. The summed E-state index contributed by atoms with van der Waals surface area (Å²) in [6, 6.07) is 17.6. The summed E-state index contributed by atoms with van der Waals surface area (Å²) in [5.41, 5.74) is 1.42. The van der Waals surface area contributed by atoms with Gasteiger partial charge in [0.15, 0.2) is 0 Å². The molecule has 4 rings (SSSR count). The molecule has 1 N–H and O–H groups in total. The number of urea groups is 1. The van der Waals surface area contributed by atoms with Gasteiger partial charge >= 0.3 is 6.03 Å². The maximum atomic E-state index is 13.3. The van der Waals surface area contributed by atoms with Gasteiger partial charge in [-0.15, -0.1) is 0 Å². The third-order valence-electron chi connectivity index (χ3n) is 4.90. The number of amides is 4. The molecule has 0 radical (unpaired) electrons. The fraction of sp³-hybridized carbons (Fsp3) is 0.130. The summed E-state index contributed by atoms with van der Waals surface area (Å²) in [7, 11) is 0. The number of nitrogens with one attached hydrogen (secondary N) is 1. The lowest BCUT2D eigenvalue weighted by Gasteiger charge is -2.21. The van der Waals surface area contributed by atoms with Crippen molar-refractivity contribution in [1.82, 2.24) is 9.88 Å². The largest absolute Gasteiger partial charge is 0.332 e. The second kappa shape index (κ2) is 8.74. The fourth-order valence-electron chi connectivity index (χ4n) is 3.42. The lowest BCUT2D eigenvalue weighted by atomic mass is 10.1. The van der Waals surface area contributed by atoms with Crippen LogP contribution in [-0.4, -0.2) is 33.8 Å². The number of aromatic nitrogens is 1. The number of para-hydroxylation sites is 1. The molecule has 1 fully saturated rings. The van der Waals surface area contributed by atoms with Crippen molar-refractivity contribution in [3.05, 3.63) is 90.5 Å². The van der Waals surface area contributed by atoms with Crippen LogP contribution in [0.3, 0.4) is 0 Å². The first-order chi connectivity index (χ1) is 15.0. The highest BCUT2D eigenvalue weighted by Crippen LogP contribution is 2.28. The van der Waals surface area contributed by atoms with Crippen molar-refractivity contribution >= 4 is 29.2 Å². The molecule has 1 aliphatic heterocycles. The summed E-state index contributed by atoms with van der Waals surface area (Å²) in [6.07, 6.45) is 1.37. The minimum Gasteiger partial charge on any atom is -0.326 e. The predicted molar refractivity (Wildman–Crippen MR) is 113 cm³/mol. The number of rotatable bonds is 6. The van der Waals surface area contributed by atoms with Crippen LogP contribution in [0, 0.1) is 5.82 Å². The predicted octanol–water partition coefficient (Wildman–Crippen LogP) is 3.59. The molecule has 3 aromatic rings. The van der Waals surface area contributed by atoms with Crippen molar-refractivity contribution in [2.24, 2.45) is 0 Å². The number of hydrogen-bond donors (Lipinski definition) is 1. The van der Waals surface area contributed by atoms with Gasteiger partial charge in [0, 0.05) is 11.9 Å². The summed E-state index contributed by atoms with van der Waals surface area (Å²) < 4.78 is 13.3. The van der Waals surface area contributed by atoms with Crippen LogP contribution in [0.25, 0.3) is 0 Å². The molecule has 4 amide bonds. The van der Waals surface area contributed by atoms with E-state index in [0.29, 0.717) is 11.4 Å². The molecular formula is C23H19FN4O3. The molecule has 156 valence electrons. The second-order valence-electron chi connectivity index (χ2n) is 7.02. The topological polar surface area (TPSA) is 82.6 Å². The molecule has 1 aromatic heterocycles. The highest BCUT2D eigenvalue weighted by molar-refractivity contribution is 6.22. The minimum absolute atomic E-state index is 0.0619. The zero-order valence-corrected chi connectivity index (χ0v) is 16.4. The van der Waals surface area contributed by atoms with Crippen molar-refractivity contribution < 1.29 is 18.8 Å². The Morgan fingerprint density at radius 1 is 0.968 bits per heavy atom. The maximum Gasteiger partial charge on any atom is 0.332 e. The van der Waals surface area contributed by atoms with E-state index in [-0.39, 0.29) is 18.7 Å². The summed E-state index contributed by atoms with van der Waals surface area (Å²) >= 11 is 0. The molecule has 0 unspecified atom stereocenters. The summed E-state index contributed by atoms with van der Waals surface area (Å²) in [4.78, 5) is 45.4. The van der Waals surface area contributed by atoms with Crippen LogP contribution >= 0.6 is 0 Å². The Kier molecular flexibility index (Phi) is 5.70. The Balaban J connectivity index is 1.60. The maximum absolute atomic E-state index is 13.3. The Bertz CT molecular complexity index is 1090. The van der Waals surface area contributed by atoms with Crippen LogP contribution in [-0.2, 0) is 16.1 Å². The van der Waals surface area contributed by atoms with Gasteiger partial charge in [0.05, 0.1) is 24.3 Å². The molecule has 8 heteroatoms. The smallest absolute Gasteiger partial charge is 0.326 e. The van der Waals surface area contributed by atoms with Gasteiger partial charge in [0.2, 0.25) is 5.91 Å². The molecule has 2 heterocycles. The van der Waals surface area contributed by atoms with E-state index in [1.807, 2.05) is 6.07 Å². The van der Waals surface area contributed by atoms with E-state index in [9.17, 15) is 18.8 Å². The van der Waals surface area contributed by atoms with Gasteiger partial charge in [-0.25, -0.2) is 14.1 Å². The Morgan fingerprint density at radius 2 is 1.68 bits per heavy atom. The molecule has 2 aromatic carbocycles. The first-order valence-electron chi connectivity index (χ1n) is 9.68. The molecule has 31 heavy (non-hydrogen) atoms. The summed E-state index contributed by atoms with van der Waals surface area (Å²) in [5, 5.41) is 2.74. The van der Waals surface area contributed by atoms with Gasteiger partial charge < -0.3 is 10.2 Å². The van der Waals surface area contributed by atoms with Gasteiger partial charge in [-0.1, -0.05) is 24.3 Å². The van der Waals surface area contributed by atoms with Crippen LogP contribution in [0.15, 0.2) is 79.0 Å². The summed E-state index contributed by atoms with van der Waals surface area (Å²) in [6.45, 7) is 0.0619. The third-order valence-corrected chi connectivity index (χ3v) is 4.90. The monoisotopic (exact) mass is 418 g/mol. The molecule has 1 atom stereocenters. The highest BCUT2D eigenvalue weighted by atomic mass is 19.1. The van der Waals surface area contributed by atoms with Crippen molar-refractivity contribution in [2.45, 2.75) is 19.0 Å². The molecule has 1 aliphatic rings. The quantitative estimate of drug-likeness (QED) is 0.621. The molecule has 0 saturated carbocycles. The molecular weight excluding hydrogens is 399 g/mol. The Hall–Kier alpha value is -4.07. The van der Waals surface area contributed by atoms with E-state index in [0.717, 1.165) is 4.90 Å². The zero-order valence-electron chi connectivity index (χ0n) is 16.4. The number of hydrogen-bond acceptors (Lipinski definition) is 4. The molecule has 0 spiro atoms. The average Bonchev–Trinajstić information content (AvgIpc) is 3.00. The van der Waals surface area contributed by atoms with E-state index in [2.05, 4.69) is 10.3 Å². The standard InChI is InChI=1S/C23H19FN4O3/c24-16-9-11-19(12-10-16)28-22(30)20(14-21(29)26-17-6-2-1-3-7-17)27(23(28)31)15-18-8-4-5-13-25-18/h1-13,20H,14-15H2,(H,26,29)/t20-/m0/s1. The molecule has 1 saturated heterocycles. The lowest BCUT2D eigenvalue weighted by molar-refractivity contribution is -0.124. The Morgan fingerprint density at radius 3 is 2.35 bits per heavy atom. The lowest BCUT2D eigenvalue weighted by Crippen LogP contribution is -2.37. The number of pyridine rings is 1. The van der Waals surface area contributed by atoms with Crippen LogP contribution in [0.4, 0.5) is 20.6 Å². The zero-order chi connectivity index (χ0) is 21.8. The number of benzene rings is 2. The number of nitrogens with zero attached hydrogens (tertiary/aromatic N) is 3. The minimum atomic E-state index is -1.01. The SMILES string of the molecule is O=C(C[C@H]1C(=O)N(c2ccc(F)cc2)C(=O)N1Cc1ccccn1)Nc1ccccc1. The number of carbonyl (C=O) groups is 3. The van der Waals surface area contributed by atoms with Crippen molar-refractivity contribution in [2.75, 3.05) is 10.2 Å². The summed E-state index contributed by atoms with van der Waals surface area (Å²) in [5.74, 6) is -1.42. The van der Waals surface area contributed by atoms with Gasteiger partial charge in [-0.2, -0.15) is 0 Å². The first-order valence-corrected chi connectivity index (χ1v) is 9.68. The average molecular weight is 418 g/mol. The van der Waals surface area contributed by atoms with E-state index in [1.165, 1.54) is 29.2 Å². The fourth-order valence-corrected chi connectivity index (χ4v) is 3.42. The molecule has 0 bridgehead atoms. The van der Waals surface area contributed by atoms with Gasteiger partial charge in [0.25, 0.3) is 5.91 Å². The first kappa shape index (κ1) is 20.2. The van der Waals surface area contributed by atoms with E-state index in [1.54, 1.807) is 48.7 Å². The number of halogens is 1. The molecule has 7 nitrogen and oxygen atoms in total. The van der Waals surface area contributed by atoms with Gasteiger partial charge in [0.1, 0.15) is 11.9 Å². The van der Waals surface area contributed by atoms with Crippen LogP contribution in [0.5, 0.6) is 0 Å². The van der Waals surface area contributed by atoms with Crippen molar-refractivity contribution in [3.63, 3.8) is 0 Å². The van der Waals surface area contributed by atoms with Gasteiger partial charge in [-0.05, 0) is 48.5 Å². The number of imide groups is 1. The van der Waals surface area contributed by atoms with E-state index in [4.69, 9.17) is 0 Å². The highest BCUT2D eigenvalue weighted by Gasteiger charge is 2.46. The van der Waals surface area contributed by atoms with Crippen LogP contribution in [0.1, 0.15) is 12.1 Å². The van der Waals surface area contributed by atoms with Crippen LogP contribution < -0.4 is 10.2 Å². The Labute approximate surface area is 178 Å². The second-order valence-corrected chi connectivity index (χ2v) is 7.02. The van der Waals surface area contributed by atoms with Crippen molar-refractivity contribution in [1.29, 1.82) is 0 Å². The number of anilines is 2.